The molecule has 0 aliphatic carbocycles. The Bertz CT molecular complexity index is 497. The van der Waals surface area contributed by atoms with Crippen molar-refractivity contribution in [2.24, 2.45) is 10.8 Å². The second-order valence-corrected chi connectivity index (χ2v) is 4.33. The number of hydrogen-bond donors (Lipinski definition) is 2. The Labute approximate surface area is 119 Å². The number of halogens is 2. The highest BCUT2D eigenvalue weighted by atomic mass is 35.5. The summed E-state index contributed by atoms with van der Waals surface area (Å²) in [5.41, 5.74) is 8.26. The molecule has 0 radical (unpaired) electrons. The van der Waals surface area contributed by atoms with Gasteiger partial charge < -0.3 is 10.5 Å². The molecule has 0 unspecified atom stereocenters. The lowest BCUT2D eigenvalue weighted by Crippen LogP contribution is -2.24. The number of esters is 1. The van der Waals surface area contributed by atoms with Crippen LogP contribution >= 0.6 is 35.4 Å². The summed E-state index contributed by atoms with van der Waals surface area (Å²) in [7, 11) is 1.27. The van der Waals surface area contributed by atoms with Gasteiger partial charge in [-0.3, -0.25) is 5.43 Å². The number of thiocarbonyl (C=S) groups is 1. The quantitative estimate of drug-likeness (QED) is 0.386. The summed E-state index contributed by atoms with van der Waals surface area (Å²) in [6, 6.07) is 2.86. The number of nitrogens with zero attached hydrogens (tertiary/aromatic N) is 1. The van der Waals surface area contributed by atoms with Gasteiger partial charge in [-0.05, 0) is 24.4 Å². The number of methoxy groups -OCH3 is 1. The molecule has 0 amide bonds. The highest BCUT2D eigenvalue weighted by Gasteiger charge is 2.12. The van der Waals surface area contributed by atoms with Crippen molar-refractivity contribution in [3.8, 4) is 0 Å². The summed E-state index contributed by atoms with van der Waals surface area (Å²) in [6.07, 6.45) is 1.35. The maximum Gasteiger partial charge on any atom is 0.337 e. The van der Waals surface area contributed by atoms with E-state index in [1.165, 1.54) is 25.5 Å². The third kappa shape index (κ3) is 3.83. The molecule has 0 fully saturated rings. The fraction of sp³-hybridized carbons (Fsp3) is 0.100. The lowest BCUT2D eigenvalue weighted by Gasteiger charge is -2.05. The number of nitrogens with two attached hydrogens (primary N) is 1. The highest BCUT2D eigenvalue weighted by Crippen LogP contribution is 2.25. The van der Waals surface area contributed by atoms with Gasteiger partial charge in [0.15, 0.2) is 5.11 Å². The zero-order valence-corrected chi connectivity index (χ0v) is 11.6. The zero-order chi connectivity index (χ0) is 13.7. The molecule has 0 atom stereocenters. The maximum absolute atomic E-state index is 11.3. The maximum atomic E-state index is 11.3. The van der Waals surface area contributed by atoms with E-state index in [1.54, 1.807) is 0 Å². The zero-order valence-electron chi connectivity index (χ0n) is 9.24. The molecule has 8 heteroatoms. The third-order valence-corrected chi connectivity index (χ3v) is 2.59. The minimum atomic E-state index is -0.524. The molecule has 3 N–H and O–H groups in total. The molecule has 1 rings (SSSR count). The molecule has 0 saturated heterocycles. The van der Waals surface area contributed by atoms with Crippen LogP contribution in [0.15, 0.2) is 17.2 Å². The van der Waals surface area contributed by atoms with Gasteiger partial charge in [-0.1, -0.05) is 23.2 Å². The van der Waals surface area contributed by atoms with Crippen molar-refractivity contribution in [3.05, 3.63) is 33.3 Å². The number of rotatable bonds is 3. The number of ether oxygens (including phenoxy) is 1. The Morgan fingerprint density at radius 3 is 2.50 bits per heavy atom. The molecule has 5 nitrogen and oxygen atoms in total. The molecule has 0 spiro atoms. The van der Waals surface area contributed by atoms with Gasteiger partial charge >= 0.3 is 5.97 Å². The summed E-state index contributed by atoms with van der Waals surface area (Å²) in [4.78, 5) is 11.3. The van der Waals surface area contributed by atoms with Crippen molar-refractivity contribution in [3.63, 3.8) is 0 Å². The topological polar surface area (TPSA) is 76.7 Å². The molecule has 0 saturated carbocycles. The Hall–Kier alpha value is -1.37. The van der Waals surface area contributed by atoms with E-state index < -0.39 is 5.97 Å². The number of hydrazone groups is 1. The first-order valence-corrected chi connectivity index (χ1v) is 5.78. The van der Waals surface area contributed by atoms with E-state index in [-0.39, 0.29) is 20.7 Å². The van der Waals surface area contributed by atoms with Crippen molar-refractivity contribution < 1.29 is 9.53 Å². The highest BCUT2D eigenvalue weighted by molar-refractivity contribution is 7.80. The second kappa shape index (κ2) is 6.53. The van der Waals surface area contributed by atoms with Crippen LogP contribution in [0, 0.1) is 0 Å². The molecule has 0 aliphatic rings. The van der Waals surface area contributed by atoms with Crippen LogP contribution in [0.1, 0.15) is 15.9 Å². The fourth-order valence-electron chi connectivity index (χ4n) is 1.10. The molecule has 0 bridgehead atoms. The molecule has 96 valence electrons. The lowest BCUT2D eigenvalue weighted by atomic mass is 10.1. The number of hydrogen-bond acceptors (Lipinski definition) is 4. The van der Waals surface area contributed by atoms with Gasteiger partial charge in [-0.2, -0.15) is 5.10 Å². The van der Waals surface area contributed by atoms with Crippen LogP contribution in [-0.2, 0) is 4.74 Å². The number of carbonyl (C=O) groups is 1. The summed E-state index contributed by atoms with van der Waals surface area (Å²) in [6.45, 7) is 0. The van der Waals surface area contributed by atoms with Crippen LogP contribution in [0.25, 0.3) is 0 Å². The van der Waals surface area contributed by atoms with E-state index in [9.17, 15) is 4.79 Å². The molecule has 18 heavy (non-hydrogen) atoms. The van der Waals surface area contributed by atoms with Gasteiger partial charge in [-0.25, -0.2) is 4.79 Å². The molecule has 0 aromatic heterocycles. The van der Waals surface area contributed by atoms with E-state index in [4.69, 9.17) is 28.9 Å². The number of carbonyl (C=O) groups excluding carboxylic acids is 1. The Morgan fingerprint density at radius 1 is 1.50 bits per heavy atom. The Balaban J connectivity index is 3.05. The summed E-state index contributed by atoms with van der Waals surface area (Å²) in [5.74, 6) is -0.524. The molecule has 0 aliphatic heterocycles. The van der Waals surface area contributed by atoms with Gasteiger partial charge in [0.1, 0.15) is 0 Å². The predicted molar refractivity (Wildman–Crippen MR) is 75.3 cm³/mol. The van der Waals surface area contributed by atoms with Crippen LogP contribution < -0.4 is 11.2 Å². The third-order valence-electron chi connectivity index (χ3n) is 1.87. The fourth-order valence-corrected chi connectivity index (χ4v) is 1.74. The van der Waals surface area contributed by atoms with Gasteiger partial charge in [-0.15, -0.1) is 0 Å². The predicted octanol–water partition coefficient (Wildman–Crippen LogP) is 1.95. The standard InChI is InChI=1S/C10H9Cl2N3O2S/c1-17-9(16)5-2-7(11)6(8(12)3-5)4-14-15-10(13)18/h2-4H,1H3,(H3,13,15,18). The first-order chi connectivity index (χ1) is 8.45. The van der Waals surface area contributed by atoms with Crippen LogP contribution in [-0.4, -0.2) is 24.4 Å². The summed E-state index contributed by atoms with van der Waals surface area (Å²) >= 11 is 16.5. The smallest absolute Gasteiger partial charge is 0.337 e. The molecule has 0 heterocycles. The lowest BCUT2D eigenvalue weighted by molar-refractivity contribution is 0.0600. The second-order valence-electron chi connectivity index (χ2n) is 3.08. The van der Waals surface area contributed by atoms with E-state index in [0.29, 0.717) is 5.56 Å². The SMILES string of the molecule is COC(=O)c1cc(Cl)c(C=NNC(N)=S)c(Cl)c1. The van der Waals surface area contributed by atoms with Crippen molar-refractivity contribution in [2.75, 3.05) is 7.11 Å². The first-order valence-electron chi connectivity index (χ1n) is 4.61. The minimum Gasteiger partial charge on any atom is -0.465 e. The van der Waals surface area contributed by atoms with Gasteiger partial charge in [0.25, 0.3) is 0 Å². The van der Waals surface area contributed by atoms with Crippen molar-refractivity contribution in [2.45, 2.75) is 0 Å². The van der Waals surface area contributed by atoms with E-state index in [1.807, 2.05) is 0 Å². The van der Waals surface area contributed by atoms with E-state index in [2.05, 4.69) is 27.5 Å². The first kappa shape index (κ1) is 14.7. The monoisotopic (exact) mass is 305 g/mol. The Morgan fingerprint density at radius 2 is 2.06 bits per heavy atom. The van der Waals surface area contributed by atoms with Crippen LogP contribution in [0.3, 0.4) is 0 Å². The van der Waals surface area contributed by atoms with Gasteiger partial charge in [0.2, 0.25) is 0 Å². The minimum absolute atomic E-state index is 0.0182. The van der Waals surface area contributed by atoms with Gasteiger partial charge in [0, 0.05) is 5.56 Å². The molecular weight excluding hydrogens is 297 g/mol. The largest absolute Gasteiger partial charge is 0.465 e. The Kier molecular flexibility index (Phi) is 5.33. The number of nitrogens with one attached hydrogen (secondary N) is 1. The van der Waals surface area contributed by atoms with Gasteiger partial charge in [0.05, 0.1) is 28.9 Å². The van der Waals surface area contributed by atoms with Crippen LogP contribution in [0.2, 0.25) is 10.0 Å². The normalized spacial score (nSPS) is 10.4. The average molecular weight is 306 g/mol. The summed E-state index contributed by atoms with van der Waals surface area (Å²) in [5, 5.41) is 4.27. The van der Waals surface area contributed by atoms with E-state index >= 15 is 0 Å². The van der Waals surface area contributed by atoms with Crippen LogP contribution in [0.4, 0.5) is 0 Å². The average Bonchev–Trinajstić information content (AvgIpc) is 2.31. The molecular formula is C10H9Cl2N3O2S. The van der Waals surface area contributed by atoms with Crippen molar-refractivity contribution in [1.29, 1.82) is 0 Å². The van der Waals surface area contributed by atoms with E-state index in [0.717, 1.165) is 0 Å². The molecule has 1 aromatic carbocycles. The number of benzene rings is 1. The van der Waals surface area contributed by atoms with Crippen molar-refractivity contribution >= 4 is 52.7 Å². The molecule has 1 aromatic rings. The van der Waals surface area contributed by atoms with Crippen molar-refractivity contribution in [1.82, 2.24) is 5.43 Å². The van der Waals surface area contributed by atoms with Crippen LogP contribution in [0.5, 0.6) is 0 Å². The summed E-state index contributed by atoms with van der Waals surface area (Å²) < 4.78 is 4.56.